The second kappa shape index (κ2) is 8.23. The highest BCUT2D eigenvalue weighted by molar-refractivity contribution is 5.93. The molecule has 1 aromatic heterocycles. The van der Waals surface area contributed by atoms with Crippen molar-refractivity contribution in [3.05, 3.63) is 59.4 Å². The molecule has 2 aromatic rings. The van der Waals surface area contributed by atoms with Crippen LogP contribution in [0.4, 0.5) is 5.69 Å². The van der Waals surface area contributed by atoms with E-state index >= 15 is 0 Å². The minimum atomic E-state index is 0.0619. The highest BCUT2D eigenvalue weighted by atomic mass is 16.2. The summed E-state index contributed by atoms with van der Waals surface area (Å²) in [6.07, 6.45) is 1.84. The first kappa shape index (κ1) is 17.6. The van der Waals surface area contributed by atoms with E-state index in [4.69, 9.17) is 0 Å². The van der Waals surface area contributed by atoms with E-state index in [0.29, 0.717) is 6.54 Å². The Labute approximate surface area is 149 Å². The van der Waals surface area contributed by atoms with Crippen LogP contribution in [0.5, 0.6) is 0 Å². The van der Waals surface area contributed by atoms with Gasteiger partial charge in [-0.15, -0.1) is 0 Å². The topological polar surface area (TPSA) is 48.5 Å². The van der Waals surface area contributed by atoms with Gasteiger partial charge in [-0.3, -0.25) is 19.6 Å². The van der Waals surface area contributed by atoms with E-state index in [9.17, 15) is 4.79 Å². The smallest absolute Gasteiger partial charge is 0.238 e. The monoisotopic (exact) mass is 338 g/mol. The van der Waals surface area contributed by atoms with Crippen molar-refractivity contribution < 1.29 is 4.79 Å². The van der Waals surface area contributed by atoms with Crippen LogP contribution in [-0.2, 0) is 11.3 Å². The number of aryl methyl sites for hydroxylation is 2. The Balaban J connectivity index is 1.45. The third-order valence-electron chi connectivity index (χ3n) is 4.61. The number of hydrogen-bond acceptors (Lipinski definition) is 4. The Morgan fingerprint density at radius 1 is 1.08 bits per heavy atom. The summed E-state index contributed by atoms with van der Waals surface area (Å²) in [4.78, 5) is 21.3. The van der Waals surface area contributed by atoms with Crippen LogP contribution in [0.2, 0.25) is 0 Å². The first-order valence-corrected chi connectivity index (χ1v) is 8.82. The van der Waals surface area contributed by atoms with Gasteiger partial charge in [-0.25, -0.2) is 0 Å². The number of piperazine rings is 1. The maximum absolute atomic E-state index is 12.3. The summed E-state index contributed by atoms with van der Waals surface area (Å²) in [6.45, 7) is 9.14. The van der Waals surface area contributed by atoms with Gasteiger partial charge in [0.1, 0.15) is 0 Å². The Morgan fingerprint density at radius 3 is 2.56 bits per heavy atom. The van der Waals surface area contributed by atoms with Crippen molar-refractivity contribution in [3.63, 3.8) is 0 Å². The molecule has 5 heteroatoms. The second-order valence-electron chi connectivity index (χ2n) is 6.74. The summed E-state index contributed by atoms with van der Waals surface area (Å²) >= 11 is 0. The lowest BCUT2D eigenvalue weighted by Gasteiger charge is -2.34. The summed E-state index contributed by atoms with van der Waals surface area (Å²) < 4.78 is 0. The zero-order chi connectivity index (χ0) is 17.6. The number of anilines is 1. The van der Waals surface area contributed by atoms with Crippen LogP contribution in [0.1, 0.15) is 16.8 Å². The van der Waals surface area contributed by atoms with E-state index in [1.165, 1.54) is 0 Å². The van der Waals surface area contributed by atoms with E-state index in [1.807, 2.05) is 44.3 Å². The third-order valence-corrected chi connectivity index (χ3v) is 4.61. The molecule has 1 aliphatic heterocycles. The largest absolute Gasteiger partial charge is 0.325 e. The van der Waals surface area contributed by atoms with Gasteiger partial charge < -0.3 is 5.32 Å². The number of aromatic nitrogens is 1. The highest BCUT2D eigenvalue weighted by Gasteiger charge is 2.19. The molecule has 1 amide bonds. The number of hydrogen-bond donors (Lipinski definition) is 1. The molecule has 25 heavy (non-hydrogen) atoms. The predicted octanol–water partition coefficient (Wildman–Crippen LogP) is 2.45. The fourth-order valence-corrected chi connectivity index (χ4v) is 3.09. The second-order valence-corrected chi connectivity index (χ2v) is 6.74. The average molecular weight is 338 g/mol. The maximum Gasteiger partial charge on any atom is 0.238 e. The number of carbonyl (C=O) groups excluding carboxylic acids is 1. The third kappa shape index (κ3) is 5.11. The molecule has 0 aliphatic carbocycles. The molecular weight excluding hydrogens is 312 g/mol. The Hall–Kier alpha value is -2.24. The van der Waals surface area contributed by atoms with Crippen LogP contribution in [0.15, 0.2) is 42.6 Å². The van der Waals surface area contributed by atoms with Crippen LogP contribution < -0.4 is 5.32 Å². The summed E-state index contributed by atoms with van der Waals surface area (Å²) in [6, 6.07) is 12.2. The van der Waals surface area contributed by atoms with Crippen molar-refractivity contribution in [1.29, 1.82) is 0 Å². The van der Waals surface area contributed by atoms with Gasteiger partial charge in [-0.05, 0) is 43.2 Å². The van der Waals surface area contributed by atoms with E-state index in [0.717, 1.165) is 55.2 Å². The number of carbonyl (C=O) groups is 1. The van der Waals surface area contributed by atoms with Crippen LogP contribution in [0.25, 0.3) is 0 Å². The first-order chi connectivity index (χ1) is 12.1. The molecule has 5 nitrogen and oxygen atoms in total. The molecule has 0 radical (unpaired) electrons. The molecule has 0 spiro atoms. The van der Waals surface area contributed by atoms with Crippen molar-refractivity contribution in [2.75, 3.05) is 38.0 Å². The number of benzene rings is 1. The Bertz CT molecular complexity index is 709. The van der Waals surface area contributed by atoms with Gasteiger partial charge in [0.05, 0.1) is 12.2 Å². The van der Waals surface area contributed by atoms with Gasteiger partial charge in [-0.1, -0.05) is 18.2 Å². The maximum atomic E-state index is 12.3. The minimum absolute atomic E-state index is 0.0619. The lowest BCUT2D eigenvalue weighted by Crippen LogP contribution is -2.48. The Kier molecular flexibility index (Phi) is 5.79. The lowest BCUT2D eigenvalue weighted by atomic mass is 10.1. The van der Waals surface area contributed by atoms with E-state index in [2.05, 4.69) is 32.2 Å². The molecular formula is C20H26N4O. The van der Waals surface area contributed by atoms with Crippen LogP contribution in [-0.4, -0.2) is 53.4 Å². The summed E-state index contributed by atoms with van der Waals surface area (Å²) in [5.41, 5.74) is 4.27. The molecule has 1 aromatic carbocycles. The summed E-state index contributed by atoms with van der Waals surface area (Å²) in [5.74, 6) is 0.0619. The van der Waals surface area contributed by atoms with E-state index in [1.54, 1.807) is 0 Å². The quantitative estimate of drug-likeness (QED) is 0.910. The SMILES string of the molecule is Cc1ccc(C)c(NC(=O)CN2CCN(Cc3ccccn3)CC2)c1. The number of pyridine rings is 1. The predicted molar refractivity (Wildman–Crippen MR) is 100 cm³/mol. The molecule has 1 saturated heterocycles. The zero-order valence-electron chi connectivity index (χ0n) is 15.0. The number of nitrogens with zero attached hydrogens (tertiary/aromatic N) is 3. The molecule has 3 rings (SSSR count). The number of nitrogens with one attached hydrogen (secondary N) is 1. The van der Waals surface area contributed by atoms with Crippen LogP contribution in [0, 0.1) is 13.8 Å². The molecule has 1 N–H and O–H groups in total. The minimum Gasteiger partial charge on any atom is -0.325 e. The Morgan fingerprint density at radius 2 is 1.84 bits per heavy atom. The van der Waals surface area contributed by atoms with Crippen molar-refractivity contribution in [1.82, 2.24) is 14.8 Å². The molecule has 0 bridgehead atoms. The first-order valence-electron chi connectivity index (χ1n) is 8.82. The summed E-state index contributed by atoms with van der Waals surface area (Å²) in [5, 5.41) is 3.05. The van der Waals surface area contributed by atoms with Crippen LogP contribution >= 0.6 is 0 Å². The molecule has 0 unspecified atom stereocenters. The van der Waals surface area contributed by atoms with Crippen molar-refractivity contribution in [3.8, 4) is 0 Å². The lowest BCUT2D eigenvalue weighted by molar-refractivity contribution is -0.117. The fraction of sp³-hybridized carbons (Fsp3) is 0.400. The molecule has 132 valence electrons. The number of amides is 1. The molecule has 1 aliphatic rings. The van der Waals surface area contributed by atoms with Crippen molar-refractivity contribution in [2.24, 2.45) is 0 Å². The van der Waals surface area contributed by atoms with E-state index < -0.39 is 0 Å². The van der Waals surface area contributed by atoms with E-state index in [-0.39, 0.29) is 5.91 Å². The van der Waals surface area contributed by atoms with Crippen molar-refractivity contribution >= 4 is 11.6 Å². The van der Waals surface area contributed by atoms with Gasteiger partial charge in [0.15, 0.2) is 0 Å². The zero-order valence-corrected chi connectivity index (χ0v) is 15.0. The summed E-state index contributed by atoms with van der Waals surface area (Å²) in [7, 11) is 0. The van der Waals surface area contributed by atoms with Gasteiger partial charge in [0, 0.05) is 44.6 Å². The van der Waals surface area contributed by atoms with Gasteiger partial charge >= 0.3 is 0 Å². The molecule has 0 atom stereocenters. The standard InChI is InChI=1S/C20H26N4O/c1-16-6-7-17(2)19(13-16)22-20(25)15-24-11-9-23(10-12-24)14-18-5-3-4-8-21-18/h3-8,13H,9-12,14-15H2,1-2H3,(H,22,25). The number of rotatable bonds is 5. The van der Waals surface area contributed by atoms with Gasteiger partial charge in [-0.2, -0.15) is 0 Å². The molecule has 0 saturated carbocycles. The van der Waals surface area contributed by atoms with Crippen LogP contribution in [0.3, 0.4) is 0 Å². The van der Waals surface area contributed by atoms with Gasteiger partial charge in [0.2, 0.25) is 5.91 Å². The fourth-order valence-electron chi connectivity index (χ4n) is 3.09. The van der Waals surface area contributed by atoms with Gasteiger partial charge in [0.25, 0.3) is 0 Å². The molecule has 2 heterocycles. The molecule has 1 fully saturated rings. The van der Waals surface area contributed by atoms with Crippen molar-refractivity contribution in [2.45, 2.75) is 20.4 Å². The average Bonchev–Trinajstić information content (AvgIpc) is 2.61. The highest BCUT2D eigenvalue weighted by Crippen LogP contribution is 2.16. The normalized spacial score (nSPS) is 15.9.